The second kappa shape index (κ2) is 6.09. The minimum absolute atomic E-state index is 0.149. The maximum atomic E-state index is 14.5. The first kappa shape index (κ1) is 19.3. The minimum atomic E-state index is -0.786. The monoisotopic (exact) mass is 530 g/mol. The van der Waals surface area contributed by atoms with Gasteiger partial charge in [-0.3, -0.25) is 9.59 Å². The number of carbonyl (C=O) groups is 2. The van der Waals surface area contributed by atoms with E-state index in [-0.39, 0.29) is 40.9 Å². The van der Waals surface area contributed by atoms with Crippen LogP contribution in [0.3, 0.4) is 0 Å². The van der Waals surface area contributed by atoms with Crippen LogP contribution in [0.2, 0.25) is 0 Å². The van der Waals surface area contributed by atoms with Crippen LogP contribution in [0.25, 0.3) is 10.9 Å². The van der Waals surface area contributed by atoms with Crippen molar-refractivity contribution in [2.75, 3.05) is 0 Å². The molecule has 2 N–H and O–H groups in total. The molecule has 0 radical (unpaired) electrons. The third kappa shape index (κ3) is 2.46. The van der Waals surface area contributed by atoms with Crippen molar-refractivity contribution in [1.82, 2.24) is 9.88 Å². The van der Waals surface area contributed by atoms with Gasteiger partial charge in [-0.1, -0.05) is 19.1 Å². The number of fused-ring (bicyclic) bond motifs is 1. The van der Waals surface area contributed by atoms with E-state index in [0.717, 1.165) is 9.13 Å². The number of nitrogens with zero attached hydrogens (tertiary/aromatic N) is 1. The molecular formula is C24H20FIN2O3. The highest BCUT2D eigenvalue weighted by atomic mass is 127. The Labute approximate surface area is 191 Å². The Morgan fingerprint density at radius 1 is 1.16 bits per heavy atom. The van der Waals surface area contributed by atoms with E-state index in [2.05, 4.69) is 27.9 Å². The largest absolute Gasteiger partial charge is 0.481 e. The number of aromatic nitrogens is 1. The van der Waals surface area contributed by atoms with Gasteiger partial charge < -0.3 is 15.0 Å². The quantitative estimate of drug-likeness (QED) is 0.468. The predicted molar refractivity (Wildman–Crippen MR) is 121 cm³/mol. The fourth-order valence-electron chi connectivity index (χ4n) is 6.47. The second-order valence-electron chi connectivity index (χ2n) is 9.37. The molecule has 1 heterocycles. The van der Waals surface area contributed by atoms with Crippen LogP contribution in [0, 0.1) is 32.6 Å². The smallest absolute Gasteiger partial charge is 0.303 e. The molecule has 4 saturated carbocycles. The minimum Gasteiger partial charge on any atom is -0.481 e. The van der Waals surface area contributed by atoms with Crippen LogP contribution in [-0.4, -0.2) is 27.1 Å². The first-order valence-electron chi connectivity index (χ1n) is 10.3. The van der Waals surface area contributed by atoms with E-state index in [1.54, 1.807) is 12.1 Å². The van der Waals surface area contributed by atoms with Gasteiger partial charge in [-0.15, -0.1) is 0 Å². The molecule has 3 aromatic rings. The van der Waals surface area contributed by atoms with Crippen LogP contribution in [0.4, 0.5) is 4.39 Å². The summed E-state index contributed by atoms with van der Waals surface area (Å²) in [5.74, 6) is -0.431. The summed E-state index contributed by atoms with van der Waals surface area (Å²) in [5, 5.41) is 12.8. The third-order valence-electron chi connectivity index (χ3n) is 7.75. The van der Waals surface area contributed by atoms with Crippen LogP contribution in [0.5, 0.6) is 0 Å². The summed E-state index contributed by atoms with van der Waals surface area (Å²) in [4.78, 5) is 24.4. The average molecular weight is 530 g/mol. The van der Waals surface area contributed by atoms with Crippen molar-refractivity contribution in [3.8, 4) is 0 Å². The zero-order valence-corrected chi connectivity index (χ0v) is 18.9. The topological polar surface area (TPSA) is 71.3 Å². The summed E-state index contributed by atoms with van der Waals surface area (Å²) in [6, 6.07) is 12.7. The normalized spacial score (nSPS) is 31.6. The summed E-state index contributed by atoms with van der Waals surface area (Å²) < 4.78 is 17.5. The number of carboxylic acid groups (broad SMARTS) is 1. The molecule has 5 atom stereocenters. The number of rotatable bonds is 6. The number of hydrogen-bond donors (Lipinski definition) is 2. The van der Waals surface area contributed by atoms with Gasteiger partial charge >= 0.3 is 5.97 Å². The lowest BCUT2D eigenvalue weighted by molar-refractivity contribution is -0.146. The Hall–Kier alpha value is -2.42. The first-order chi connectivity index (χ1) is 14.8. The fraction of sp³-hybridized carbons (Fsp3) is 0.333. The first-order valence-corrected chi connectivity index (χ1v) is 11.4. The molecular weight excluding hydrogens is 510 g/mol. The molecule has 4 aliphatic carbocycles. The Morgan fingerprint density at radius 3 is 2.55 bits per heavy atom. The van der Waals surface area contributed by atoms with Crippen molar-refractivity contribution in [2.45, 2.75) is 25.4 Å². The average Bonchev–Trinajstić information content (AvgIpc) is 3.43. The highest BCUT2D eigenvalue weighted by molar-refractivity contribution is 14.1. The molecule has 1 amide bonds. The van der Waals surface area contributed by atoms with Crippen molar-refractivity contribution in [3.05, 3.63) is 69.2 Å². The van der Waals surface area contributed by atoms with Gasteiger partial charge in [0, 0.05) is 21.7 Å². The van der Waals surface area contributed by atoms with Gasteiger partial charge in [0.05, 0.1) is 23.0 Å². The number of nitrogens with one attached hydrogen (secondary N) is 1. The van der Waals surface area contributed by atoms with Gasteiger partial charge in [0.15, 0.2) is 0 Å². The molecule has 4 aliphatic rings. The lowest BCUT2D eigenvalue weighted by Crippen LogP contribution is -2.57. The molecule has 4 fully saturated rings. The zero-order chi connectivity index (χ0) is 21.7. The Kier molecular flexibility index (Phi) is 3.79. The van der Waals surface area contributed by atoms with Crippen LogP contribution in [0.1, 0.15) is 29.3 Å². The summed E-state index contributed by atoms with van der Waals surface area (Å²) in [7, 11) is 0. The molecule has 2 bridgehead atoms. The lowest BCUT2D eigenvalue weighted by atomic mass is 9.54. The molecule has 3 unspecified atom stereocenters. The van der Waals surface area contributed by atoms with Gasteiger partial charge in [0.1, 0.15) is 5.82 Å². The number of halogens is 2. The van der Waals surface area contributed by atoms with Crippen molar-refractivity contribution < 1.29 is 19.1 Å². The summed E-state index contributed by atoms with van der Waals surface area (Å²) >= 11 is 2.25. The van der Waals surface area contributed by atoms with E-state index in [4.69, 9.17) is 5.11 Å². The Balaban J connectivity index is 1.29. The molecule has 7 heteroatoms. The summed E-state index contributed by atoms with van der Waals surface area (Å²) in [5.41, 5.74) is 1.69. The highest BCUT2D eigenvalue weighted by Gasteiger charge is 3.04. The number of carbonyl (C=O) groups excluding carboxylic acids is 1. The fourth-order valence-corrected chi connectivity index (χ4v) is 6.83. The van der Waals surface area contributed by atoms with E-state index in [1.165, 1.54) is 6.07 Å². The number of hydrogen-bond acceptors (Lipinski definition) is 2. The molecule has 0 aliphatic heterocycles. The van der Waals surface area contributed by atoms with Crippen LogP contribution in [-0.2, 0) is 11.3 Å². The van der Waals surface area contributed by atoms with E-state index < -0.39 is 5.97 Å². The van der Waals surface area contributed by atoms with Gasteiger partial charge in [0.25, 0.3) is 5.91 Å². The molecule has 7 rings (SSSR count). The third-order valence-corrected chi connectivity index (χ3v) is 8.47. The van der Waals surface area contributed by atoms with Crippen molar-refractivity contribution in [1.29, 1.82) is 0 Å². The van der Waals surface area contributed by atoms with Crippen molar-refractivity contribution in [2.24, 2.45) is 23.2 Å². The van der Waals surface area contributed by atoms with Crippen molar-refractivity contribution in [3.63, 3.8) is 0 Å². The summed E-state index contributed by atoms with van der Waals surface area (Å²) in [6.45, 7) is 2.55. The van der Waals surface area contributed by atoms with Crippen LogP contribution >= 0.6 is 22.6 Å². The SMILES string of the molecule is CC1(CC(=O)O)[C@H]2C3[C@@H]1C32NC(=O)c1ccc(F)c2ccn(Cc3ccc(I)cc3)c12. The number of aliphatic carboxylic acids is 1. The van der Waals surface area contributed by atoms with Crippen molar-refractivity contribution >= 4 is 45.4 Å². The molecule has 1 aromatic heterocycles. The van der Waals surface area contributed by atoms with Gasteiger partial charge in [-0.25, -0.2) is 4.39 Å². The van der Waals surface area contributed by atoms with Gasteiger partial charge in [0.2, 0.25) is 0 Å². The van der Waals surface area contributed by atoms with E-state index in [0.29, 0.717) is 28.9 Å². The molecule has 31 heavy (non-hydrogen) atoms. The van der Waals surface area contributed by atoms with E-state index in [1.807, 2.05) is 42.0 Å². The van der Waals surface area contributed by atoms with Crippen LogP contribution < -0.4 is 5.32 Å². The number of benzene rings is 2. The maximum Gasteiger partial charge on any atom is 0.303 e. The molecule has 158 valence electrons. The number of carboxylic acids is 1. The standard InChI is InChI=1S/C24H20FIN2O3/c1-23(10-17(29)30)20-18-21(23)24(18,20)27-22(31)15-6-7-16(25)14-8-9-28(19(14)15)11-12-2-4-13(26)5-3-12/h2-9,18,20-21H,10-11H2,1H3,(H,27,31)(H,29,30)/t18?,20-,21+,23?,24?. The van der Waals surface area contributed by atoms with E-state index in [9.17, 15) is 14.0 Å². The van der Waals surface area contributed by atoms with E-state index >= 15 is 0 Å². The van der Waals surface area contributed by atoms with Gasteiger partial charge in [-0.05, 0) is 81.7 Å². The molecule has 5 nitrogen and oxygen atoms in total. The van der Waals surface area contributed by atoms with Gasteiger partial charge in [-0.2, -0.15) is 0 Å². The predicted octanol–water partition coefficient (Wildman–Crippen LogP) is 4.27. The zero-order valence-electron chi connectivity index (χ0n) is 16.7. The summed E-state index contributed by atoms with van der Waals surface area (Å²) in [6.07, 6.45) is 1.97. The maximum absolute atomic E-state index is 14.5. The molecule has 0 spiro atoms. The van der Waals surface area contributed by atoms with Crippen LogP contribution in [0.15, 0.2) is 48.7 Å². The Morgan fingerprint density at radius 2 is 1.87 bits per heavy atom. The molecule has 2 aromatic carbocycles. The number of amides is 1. The molecule has 0 saturated heterocycles. The lowest BCUT2D eigenvalue weighted by Gasteiger charge is -2.51. The Bertz CT molecular complexity index is 1270. The second-order valence-corrected chi connectivity index (χ2v) is 10.6. The highest BCUT2D eigenvalue weighted by Crippen LogP contribution is 2.98.